The zero-order chi connectivity index (χ0) is 44.3. The molecule has 0 bridgehead atoms. The summed E-state index contributed by atoms with van der Waals surface area (Å²) in [6.07, 6.45) is 0. The fourth-order valence-electron chi connectivity index (χ4n) is 5.94. The van der Waals surface area contributed by atoms with E-state index >= 15 is 0 Å². The van der Waals surface area contributed by atoms with Crippen LogP contribution in [-0.4, -0.2) is 200 Å². The van der Waals surface area contributed by atoms with Crippen molar-refractivity contribution in [1.82, 2.24) is 0 Å². The van der Waals surface area contributed by atoms with Crippen LogP contribution in [0.4, 0.5) is 28.4 Å². The minimum absolute atomic E-state index is 0. The van der Waals surface area contributed by atoms with Gasteiger partial charge in [0.15, 0.2) is 11.5 Å². The molecule has 64 heavy (non-hydrogen) atoms. The molecule has 6 rings (SSSR count). The van der Waals surface area contributed by atoms with Crippen molar-refractivity contribution in [3.8, 4) is 39.9 Å². The largest absolute Gasteiger partial charge is 0.507 e. The number of nitrogens with two attached hydrogens (primary N) is 1. The Morgan fingerprint density at radius 1 is 0.500 bits per heavy atom. The van der Waals surface area contributed by atoms with Crippen LogP contribution in [0.3, 0.4) is 0 Å². The minimum Gasteiger partial charge on any atom is -0.507 e. The molecule has 0 spiro atoms. The quantitative estimate of drug-likeness (QED) is 0.0378. The molecule has 0 atom stereocenters. The van der Waals surface area contributed by atoms with Crippen molar-refractivity contribution in [2.24, 2.45) is 20.5 Å². The number of fused-ring (bicyclic) bond motifs is 2. The van der Waals surface area contributed by atoms with Gasteiger partial charge in [0.25, 0.3) is 40.5 Å². The molecule has 0 saturated carbocycles. The van der Waals surface area contributed by atoms with Crippen LogP contribution < -0.4 is 15.2 Å². The number of benzene rings is 6. The van der Waals surface area contributed by atoms with Gasteiger partial charge in [0.2, 0.25) is 0 Å². The van der Waals surface area contributed by atoms with Crippen molar-refractivity contribution in [2.45, 2.75) is 19.6 Å². The number of hydrogen-bond donors (Lipinski definition) is 8. The van der Waals surface area contributed by atoms with E-state index in [1.807, 2.05) is 0 Å². The summed E-state index contributed by atoms with van der Waals surface area (Å²) in [5, 5.41) is 46.3. The number of phenolic OH excluding ortho intramolecular Hbond substituents is 3. The molecule has 318 valence electrons. The van der Waals surface area contributed by atoms with Crippen molar-refractivity contribution >= 4 is 209 Å². The molecule has 22 nitrogen and oxygen atoms in total. The third-order valence-corrected chi connectivity index (χ3v) is 12.2. The Morgan fingerprint density at radius 2 is 0.969 bits per heavy atom. The van der Waals surface area contributed by atoms with E-state index in [2.05, 4.69) is 20.5 Å². The number of nitrogen functional groups attached to an aromatic ring is 1. The summed E-state index contributed by atoms with van der Waals surface area (Å²) in [6, 6.07) is 13.6. The Morgan fingerprint density at radius 3 is 1.44 bits per heavy atom. The molecule has 0 fully saturated rings. The van der Waals surface area contributed by atoms with Crippen molar-refractivity contribution in [3.63, 3.8) is 0 Å². The van der Waals surface area contributed by atoms with Crippen LogP contribution in [-0.2, 0) is 40.5 Å². The first-order valence-electron chi connectivity index (χ1n) is 16.1. The third kappa shape index (κ3) is 11.9. The Bertz CT molecular complexity index is 3360. The van der Waals surface area contributed by atoms with E-state index in [0.29, 0.717) is 29.3 Å². The predicted molar refractivity (Wildman–Crippen MR) is 233 cm³/mol. The predicted octanol–water partition coefficient (Wildman–Crippen LogP) is 4.67. The van der Waals surface area contributed by atoms with Gasteiger partial charge in [0.1, 0.15) is 54.7 Å². The number of azo groups is 2. The number of methoxy groups -OCH3 is 2. The van der Waals surface area contributed by atoms with Crippen molar-refractivity contribution < 1.29 is 76.7 Å². The van der Waals surface area contributed by atoms with Crippen LogP contribution >= 0.6 is 0 Å². The molecule has 0 unspecified atom stereocenters. The number of aromatic hydroxyl groups is 3. The molecular formula is C34H27N5Na4O17S4. The maximum absolute atomic E-state index is 12.3. The van der Waals surface area contributed by atoms with Crippen LogP contribution in [0.5, 0.6) is 28.7 Å². The van der Waals surface area contributed by atoms with E-state index in [0.717, 1.165) is 18.2 Å². The Kier molecular flexibility index (Phi) is 19.5. The number of phenols is 3. The van der Waals surface area contributed by atoms with Gasteiger partial charge in [-0.2, -0.15) is 33.7 Å². The maximum Gasteiger partial charge on any atom is 0.296 e. The maximum atomic E-state index is 12.3. The zero-order valence-corrected chi connectivity index (χ0v) is 45.4. The summed E-state index contributed by atoms with van der Waals surface area (Å²) in [7, 11) is -17.7. The van der Waals surface area contributed by atoms with E-state index < -0.39 is 110 Å². The molecule has 0 heterocycles. The molecule has 0 saturated heterocycles. The monoisotopic (exact) mass is 997 g/mol. The van der Waals surface area contributed by atoms with Crippen LogP contribution in [0.25, 0.3) is 32.7 Å². The number of anilines is 1. The van der Waals surface area contributed by atoms with Gasteiger partial charge in [-0.25, -0.2) is 0 Å². The molecule has 0 aliphatic heterocycles. The average Bonchev–Trinajstić information content (AvgIpc) is 3.15. The number of nitrogens with zero attached hydrogens (tertiary/aromatic N) is 4. The van der Waals surface area contributed by atoms with Gasteiger partial charge in [0, 0.05) is 130 Å². The molecule has 0 aromatic heterocycles. The second kappa shape index (κ2) is 21.6. The van der Waals surface area contributed by atoms with Crippen molar-refractivity contribution in [1.29, 1.82) is 0 Å². The molecule has 4 radical (unpaired) electrons. The molecule has 0 aliphatic carbocycles. The fraction of sp³-hybridized carbons (Fsp3) is 0.0588. The van der Waals surface area contributed by atoms with E-state index in [1.165, 1.54) is 44.6 Å². The van der Waals surface area contributed by atoms with Crippen LogP contribution in [0, 0.1) is 0 Å². The smallest absolute Gasteiger partial charge is 0.296 e. The van der Waals surface area contributed by atoms with Crippen LogP contribution in [0.1, 0.15) is 0 Å². The Labute approximate surface area is 452 Å². The summed E-state index contributed by atoms with van der Waals surface area (Å²) >= 11 is 0. The van der Waals surface area contributed by atoms with Gasteiger partial charge in [0.05, 0.1) is 35.6 Å². The van der Waals surface area contributed by atoms with Crippen LogP contribution in [0.2, 0.25) is 0 Å². The molecule has 30 heteroatoms. The molecule has 0 amide bonds. The summed E-state index contributed by atoms with van der Waals surface area (Å²) in [4.78, 5) is -3.94. The Balaban J connectivity index is 0.00000352. The van der Waals surface area contributed by atoms with E-state index in [-0.39, 0.29) is 147 Å². The van der Waals surface area contributed by atoms with Crippen LogP contribution in [0.15, 0.2) is 113 Å². The SMILES string of the molecule is COc1cc(-c2ccc(N=Nc3c(S(=O)(=O)O)cc4cc(S(=O)(=O)O)cc(O)c4c3O)c(OC)c2)ccc1N=Nc1ccc2c(S(=O)(=O)O)cc(S(=O)(=O)O)c(N)c2c1O.[Na].[Na].[Na].[Na]. The normalized spacial score (nSPS) is 12.0. The van der Waals surface area contributed by atoms with Gasteiger partial charge >= 0.3 is 0 Å². The second-order valence-electron chi connectivity index (χ2n) is 12.3. The summed E-state index contributed by atoms with van der Waals surface area (Å²) in [5.74, 6) is -2.57. The summed E-state index contributed by atoms with van der Waals surface area (Å²) in [5.41, 5.74) is 4.99. The fourth-order valence-corrected chi connectivity index (χ4v) is 8.57. The number of ether oxygens (including phenoxy) is 2. The van der Waals surface area contributed by atoms with E-state index in [4.69, 9.17) is 15.2 Å². The molecule has 6 aromatic rings. The van der Waals surface area contributed by atoms with Gasteiger partial charge < -0.3 is 30.5 Å². The molecule has 9 N–H and O–H groups in total. The first-order valence-corrected chi connectivity index (χ1v) is 21.8. The first kappa shape index (κ1) is 57.6. The number of rotatable bonds is 11. The molecular weight excluding hydrogens is 971 g/mol. The molecule has 0 aliphatic rings. The topological polar surface area (TPSA) is 372 Å². The average molecular weight is 998 g/mol. The Hall–Kier alpha value is -2.52. The summed E-state index contributed by atoms with van der Waals surface area (Å²) in [6.45, 7) is 0. The molecule has 6 aromatic carbocycles. The van der Waals surface area contributed by atoms with Gasteiger partial charge in [-0.3, -0.25) is 18.2 Å². The van der Waals surface area contributed by atoms with Crippen molar-refractivity contribution in [2.75, 3.05) is 20.0 Å². The summed E-state index contributed by atoms with van der Waals surface area (Å²) < 4.78 is 145. The standard InChI is InChI=1S/C34H27N5O17S4.4Na/c1-55-24-10-15(3-6-20(24)36-38-22-8-5-19-26(58(46,47)48)14-27(59(49,50)51)31(35)30(19)33(22)41)16-4-7-21(25(11-16)56-2)37-39-32-28(60(52,53)54)12-17-9-18(57(43,44)45)13-23(40)29(17)34(32)42;;;;/h3-14,40-42H,35H2,1-2H3,(H,43,44,45)(H,46,47,48)(H,49,50,51)(H,52,53,54);;;;. The van der Waals surface area contributed by atoms with E-state index in [1.54, 1.807) is 6.07 Å². The minimum atomic E-state index is -5.17. The van der Waals surface area contributed by atoms with Crippen molar-refractivity contribution in [3.05, 3.63) is 72.8 Å². The van der Waals surface area contributed by atoms with Gasteiger partial charge in [-0.05, 0) is 65.0 Å². The zero-order valence-electron chi connectivity index (χ0n) is 34.1. The van der Waals surface area contributed by atoms with Gasteiger partial charge in [-0.15, -0.1) is 20.5 Å². The third-order valence-electron chi connectivity index (χ3n) is 8.67. The first-order chi connectivity index (χ1) is 27.8. The van der Waals surface area contributed by atoms with E-state index in [9.17, 15) is 67.2 Å². The van der Waals surface area contributed by atoms with Gasteiger partial charge in [-0.1, -0.05) is 18.2 Å². The second-order valence-corrected chi connectivity index (χ2v) is 17.9. The number of hydrogen-bond acceptors (Lipinski definition) is 18.